The van der Waals surface area contributed by atoms with Crippen LogP contribution in [0.5, 0.6) is 0 Å². The van der Waals surface area contributed by atoms with E-state index in [1.54, 1.807) is 4.88 Å². The van der Waals surface area contributed by atoms with Crippen LogP contribution in [0.3, 0.4) is 0 Å². The van der Waals surface area contributed by atoms with Gasteiger partial charge in [-0.2, -0.15) is 0 Å². The molecule has 0 aliphatic heterocycles. The summed E-state index contributed by atoms with van der Waals surface area (Å²) in [7, 11) is 0. The summed E-state index contributed by atoms with van der Waals surface area (Å²) in [5.74, 6) is 0. The minimum atomic E-state index is 0.0947. The highest BCUT2D eigenvalue weighted by atomic mass is 32.1. The van der Waals surface area contributed by atoms with E-state index in [9.17, 15) is 0 Å². The zero-order valence-electron chi connectivity index (χ0n) is 12.7. The molecule has 0 amide bonds. The van der Waals surface area contributed by atoms with Crippen molar-refractivity contribution in [2.75, 3.05) is 6.54 Å². The molecule has 108 valence electrons. The summed E-state index contributed by atoms with van der Waals surface area (Å²) in [4.78, 5) is 6.49. The lowest BCUT2D eigenvalue weighted by Gasteiger charge is -2.28. The lowest BCUT2D eigenvalue weighted by molar-refractivity contribution is 0.332. The third kappa shape index (κ3) is 3.57. The Morgan fingerprint density at radius 3 is 2.74 bits per heavy atom. The number of nitrogens with zero attached hydrogens (tertiary/aromatic N) is 1. The average Bonchev–Trinajstić information content (AvgIpc) is 2.96. The Kier molecular flexibility index (Phi) is 5.40. The van der Waals surface area contributed by atoms with E-state index in [-0.39, 0.29) is 5.54 Å². The van der Waals surface area contributed by atoms with E-state index in [2.05, 4.69) is 26.1 Å². The fourth-order valence-electron chi connectivity index (χ4n) is 2.99. The van der Waals surface area contributed by atoms with Gasteiger partial charge >= 0.3 is 0 Å². The molecule has 0 aromatic carbocycles. The highest BCUT2D eigenvalue weighted by Gasteiger charge is 2.30. The van der Waals surface area contributed by atoms with Crippen molar-refractivity contribution in [3.8, 4) is 0 Å². The third-order valence-corrected chi connectivity index (χ3v) is 5.59. The van der Waals surface area contributed by atoms with Crippen molar-refractivity contribution >= 4 is 11.3 Å². The number of fused-ring (bicyclic) bond motifs is 1. The van der Waals surface area contributed by atoms with Gasteiger partial charge in [-0.1, -0.05) is 39.5 Å². The first-order valence-electron chi connectivity index (χ1n) is 7.93. The van der Waals surface area contributed by atoms with Gasteiger partial charge in [-0.05, 0) is 39.2 Å². The summed E-state index contributed by atoms with van der Waals surface area (Å²) < 4.78 is 0. The molecule has 2 nitrogen and oxygen atoms in total. The standard InChI is InChI=1S/C16H28N2S/c1-4-6-7-8-12-16(3,17-5-2)15-18-13-10-9-11-14(13)19-15/h17H,4-12H2,1-3H3. The predicted octanol–water partition coefficient (Wildman–Crippen LogP) is 4.43. The first-order valence-corrected chi connectivity index (χ1v) is 8.75. The SMILES string of the molecule is CCCCCCC(C)(NCC)c1nc2c(s1)CCC2. The van der Waals surface area contributed by atoms with Crippen molar-refractivity contribution in [3.05, 3.63) is 15.6 Å². The monoisotopic (exact) mass is 280 g/mol. The Bertz CT molecular complexity index is 378. The number of aryl methyl sites for hydroxylation is 2. The summed E-state index contributed by atoms with van der Waals surface area (Å²) in [6, 6.07) is 0. The van der Waals surface area contributed by atoms with Crippen molar-refractivity contribution in [2.45, 2.75) is 77.7 Å². The van der Waals surface area contributed by atoms with Gasteiger partial charge in [0.2, 0.25) is 0 Å². The number of hydrogen-bond donors (Lipinski definition) is 1. The number of thiazole rings is 1. The Hall–Kier alpha value is -0.410. The van der Waals surface area contributed by atoms with E-state index >= 15 is 0 Å². The molecular weight excluding hydrogens is 252 g/mol. The summed E-state index contributed by atoms with van der Waals surface area (Å²) in [6.45, 7) is 7.84. The molecular formula is C16H28N2S. The Balaban J connectivity index is 2.04. The molecule has 1 aliphatic carbocycles. The van der Waals surface area contributed by atoms with Crippen LogP contribution in [0, 0.1) is 0 Å². The fraction of sp³-hybridized carbons (Fsp3) is 0.812. The molecule has 0 fully saturated rings. The Morgan fingerprint density at radius 2 is 2.05 bits per heavy atom. The van der Waals surface area contributed by atoms with Gasteiger partial charge in [0.1, 0.15) is 5.01 Å². The third-order valence-electron chi connectivity index (χ3n) is 4.16. The van der Waals surface area contributed by atoms with E-state index in [1.165, 1.54) is 62.1 Å². The van der Waals surface area contributed by atoms with Crippen LogP contribution in [0.25, 0.3) is 0 Å². The van der Waals surface area contributed by atoms with E-state index in [4.69, 9.17) is 4.98 Å². The van der Waals surface area contributed by atoms with Crippen LogP contribution >= 0.6 is 11.3 Å². The molecule has 1 aromatic heterocycles. The maximum Gasteiger partial charge on any atom is 0.113 e. The summed E-state index contributed by atoms with van der Waals surface area (Å²) in [6.07, 6.45) is 10.3. The van der Waals surface area contributed by atoms with Crippen molar-refractivity contribution in [1.82, 2.24) is 10.3 Å². The highest BCUT2D eigenvalue weighted by Crippen LogP contribution is 2.35. The molecule has 1 unspecified atom stereocenters. The molecule has 1 heterocycles. The van der Waals surface area contributed by atoms with Crippen LogP contribution in [0.1, 0.15) is 74.9 Å². The van der Waals surface area contributed by atoms with Crippen LogP contribution in [-0.2, 0) is 18.4 Å². The van der Waals surface area contributed by atoms with Gasteiger partial charge in [-0.25, -0.2) is 4.98 Å². The number of nitrogens with one attached hydrogen (secondary N) is 1. The predicted molar refractivity (Wildman–Crippen MR) is 83.9 cm³/mol. The molecule has 2 rings (SSSR count). The number of unbranched alkanes of at least 4 members (excludes halogenated alkanes) is 3. The molecule has 0 bridgehead atoms. The molecule has 0 radical (unpaired) electrons. The van der Waals surface area contributed by atoms with Crippen LogP contribution < -0.4 is 5.32 Å². The van der Waals surface area contributed by atoms with Gasteiger partial charge in [0.05, 0.1) is 11.2 Å². The minimum Gasteiger partial charge on any atom is -0.306 e. The van der Waals surface area contributed by atoms with Crippen molar-refractivity contribution in [1.29, 1.82) is 0 Å². The van der Waals surface area contributed by atoms with Crippen molar-refractivity contribution in [2.24, 2.45) is 0 Å². The largest absolute Gasteiger partial charge is 0.306 e. The number of aromatic nitrogens is 1. The van der Waals surface area contributed by atoms with Crippen LogP contribution in [0.2, 0.25) is 0 Å². The maximum absolute atomic E-state index is 4.94. The van der Waals surface area contributed by atoms with Gasteiger partial charge < -0.3 is 5.32 Å². The van der Waals surface area contributed by atoms with Gasteiger partial charge in [-0.15, -0.1) is 11.3 Å². The Morgan fingerprint density at radius 1 is 1.21 bits per heavy atom. The fourth-order valence-corrected chi connectivity index (χ4v) is 4.29. The maximum atomic E-state index is 4.94. The lowest BCUT2D eigenvalue weighted by Crippen LogP contribution is -2.39. The van der Waals surface area contributed by atoms with E-state index in [0.717, 1.165) is 6.54 Å². The van der Waals surface area contributed by atoms with Crippen molar-refractivity contribution in [3.63, 3.8) is 0 Å². The van der Waals surface area contributed by atoms with Gasteiger partial charge in [-0.3, -0.25) is 0 Å². The molecule has 3 heteroatoms. The second kappa shape index (κ2) is 6.85. The summed E-state index contributed by atoms with van der Waals surface area (Å²) >= 11 is 1.96. The lowest BCUT2D eigenvalue weighted by atomic mass is 9.94. The van der Waals surface area contributed by atoms with Crippen LogP contribution in [0.15, 0.2) is 0 Å². The molecule has 1 N–H and O–H groups in total. The van der Waals surface area contributed by atoms with Gasteiger partial charge in [0.15, 0.2) is 0 Å². The quantitative estimate of drug-likeness (QED) is 0.713. The van der Waals surface area contributed by atoms with Crippen molar-refractivity contribution < 1.29 is 0 Å². The summed E-state index contributed by atoms with van der Waals surface area (Å²) in [5.41, 5.74) is 1.48. The molecule has 0 saturated heterocycles. The summed E-state index contributed by atoms with van der Waals surface area (Å²) in [5, 5.41) is 5.02. The number of rotatable bonds is 8. The topological polar surface area (TPSA) is 24.9 Å². The van der Waals surface area contributed by atoms with Crippen LogP contribution in [-0.4, -0.2) is 11.5 Å². The zero-order valence-corrected chi connectivity index (χ0v) is 13.5. The smallest absolute Gasteiger partial charge is 0.113 e. The number of hydrogen-bond acceptors (Lipinski definition) is 3. The highest BCUT2D eigenvalue weighted by molar-refractivity contribution is 7.12. The molecule has 1 atom stereocenters. The van der Waals surface area contributed by atoms with E-state index < -0.39 is 0 Å². The molecule has 19 heavy (non-hydrogen) atoms. The Labute approximate surface area is 122 Å². The second-order valence-corrected chi connectivity index (χ2v) is 7.00. The first-order chi connectivity index (χ1) is 9.19. The molecule has 0 saturated carbocycles. The van der Waals surface area contributed by atoms with Crippen LogP contribution in [0.4, 0.5) is 0 Å². The van der Waals surface area contributed by atoms with Gasteiger partial charge in [0.25, 0.3) is 0 Å². The molecule has 1 aromatic rings. The molecule has 0 spiro atoms. The molecule has 1 aliphatic rings. The normalized spacial score (nSPS) is 17.4. The first kappa shape index (κ1) is 15.0. The zero-order chi connectivity index (χ0) is 13.7. The van der Waals surface area contributed by atoms with E-state index in [0.29, 0.717) is 0 Å². The average molecular weight is 280 g/mol. The van der Waals surface area contributed by atoms with Gasteiger partial charge in [0, 0.05) is 4.88 Å². The second-order valence-electron chi connectivity index (χ2n) is 5.92. The van der Waals surface area contributed by atoms with E-state index in [1.807, 2.05) is 11.3 Å². The minimum absolute atomic E-state index is 0.0947.